The van der Waals surface area contributed by atoms with Gasteiger partial charge < -0.3 is 15.0 Å². The number of rotatable bonds is 2. The van der Waals surface area contributed by atoms with E-state index in [9.17, 15) is 4.79 Å². The topological polar surface area (TPSA) is 54.5 Å². The lowest BCUT2D eigenvalue weighted by molar-refractivity contribution is 0.0206. The van der Waals surface area contributed by atoms with Crippen LogP contribution < -0.4 is 5.32 Å². The average molecular weight is 291 g/mol. The molecule has 0 aromatic carbocycles. The quantitative estimate of drug-likeness (QED) is 0.909. The van der Waals surface area contributed by atoms with Crippen LogP contribution >= 0.6 is 0 Å². The third-order valence-corrected chi connectivity index (χ3v) is 3.34. The minimum absolute atomic E-state index is 0.223. The van der Waals surface area contributed by atoms with Crippen LogP contribution in [-0.2, 0) is 4.74 Å². The number of hydrogen-bond acceptors (Lipinski definition) is 4. The highest BCUT2D eigenvalue weighted by Gasteiger charge is 2.27. The van der Waals surface area contributed by atoms with E-state index < -0.39 is 5.60 Å². The molecular formula is C16H25N3O2. The first-order valence-corrected chi connectivity index (χ1v) is 7.50. The van der Waals surface area contributed by atoms with E-state index in [-0.39, 0.29) is 12.1 Å². The van der Waals surface area contributed by atoms with Crippen LogP contribution in [0.4, 0.5) is 10.6 Å². The van der Waals surface area contributed by atoms with Crippen molar-refractivity contribution < 1.29 is 9.53 Å². The van der Waals surface area contributed by atoms with Crippen molar-refractivity contribution in [2.45, 2.75) is 52.2 Å². The number of nitrogens with zero attached hydrogens (tertiary/aromatic N) is 2. The van der Waals surface area contributed by atoms with Gasteiger partial charge in [-0.2, -0.15) is 0 Å². The summed E-state index contributed by atoms with van der Waals surface area (Å²) in [4.78, 5) is 18.2. The van der Waals surface area contributed by atoms with Crippen LogP contribution in [0.2, 0.25) is 0 Å². The van der Waals surface area contributed by atoms with Gasteiger partial charge in [0.05, 0.1) is 0 Å². The van der Waals surface area contributed by atoms with Crippen molar-refractivity contribution in [3.05, 3.63) is 23.9 Å². The second-order valence-corrected chi connectivity index (χ2v) is 6.63. The highest BCUT2D eigenvalue weighted by Crippen LogP contribution is 2.18. The van der Waals surface area contributed by atoms with E-state index in [0.717, 1.165) is 25.2 Å². The molecule has 21 heavy (non-hydrogen) atoms. The lowest BCUT2D eigenvalue weighted by Crippen LogP contribution is -2.47. The van der Waals surface area contributed by atoms with E-state index in [1.807, 2.05) is 39.8 Å². The number of pyridine rings is 1. The van der Waals surface area contributed by atoms with Crippen LogP contribution in [0, 0.1) is 6.92 Å². The van der Waals surface area contributed by atoms with Crippen LogP contribution in [0.15, 0.2) is 18.3 Å². The Hall–Kier alpha value is -1.78. The lowest BCUT2D eigenvalue weighted by atomic mass is 10.1. The molecule has 0 spiro atoms. The van der Waals surface area contributed by atoms with Gasteiger partial charge in [0, 0.05) is 25.3 Å². The number of amides is 1. The van der Waals surface area contributed by atoms with Gasteiger partial charge in [-0.05, 0) is 58.2 Å². The van der Waals surface area contributed by atoms with E-state index in [2.05, 4.69) is 10.3 Å². The van der Waals surface area contributed by atoms with Gasteiger partial charge in [0.15, 0.2) is 0 Å². The minimum Gasteiger partial charge on any atom is -0.444 e. The molecule has 2 rings (SSSR count). The van der Waals surface area contributed by atoms with Crippen LogP contribution in [0.1, 0.15) is 39.2 Å². The number of aromatic nitrogens is 1. The highest BCUT2D eigenvalue weighted by molar-refractivity contribution is 5.68. The molecule has 0 bridgehead atoms. The zero-order chi connectivity index (χ0) is 15.5. The smallest absolute Gasteiger partial charge is 0.410 e. The number of ether oxygens (including phenoxy) is 1. The van der Waals surface area contributed by atoms with Crippen molar-refractivity contribution in [3.8, 4) is 0 Å². The fourth-order valence-electron chi connectivity index (χ4n) is 2.41. The number of carbonyl (C=O) groups excluding carboxylic acids is 1. The molecule has 1 fully saturated rings. The Morgan fingerprint density at radius 2 is 2.24 bits per heavy atom. The first kappa shape index (κ1) is 15.6. The predicted molar refractivity (Wildman–Crippen MR) is 83.4 cm³/mol. The molecule has 1 atom stereocenters. The van der Waals surface area contributed by atoms with Gasteiger partial charge in [0.2, 0.25) is 0 Å². The Labute approximate surface area is 126 Å². The van der Waals surface area contributed by atoms with E-state index in [4.69, 9.17) is 4.74 Å². The fourth-order valence-corrected chi connectivity index (χ4v) is 2.41. The van der Waals surface area contributed by atoms with E-state index >= 15 is 0 Å². The van der Waals surface area contributed by atoms with Gasteiger partial charge >= 0.3 is 6.09 Å². The molecule has 0 saturated carbocycles. The van der Waals surface area contributed by atoms with Crippen molar-refractivity contribution in [2.75, 3.05) is 18.4 Å². The third kappa shape index (κ3) is 4.92. The third-order valence-electron chi connectivity index (χ3n) is 3.34. The van der Waals surface area contributed by atoms with Crippen molar-refractivity contribution in [1.29, 1.82) is 0 Å². The maximum Gasteiger partial charge on any atom is 0.410 e. The second-order valence-electron chi connectivity index (χ2n) is 6.63. The summed E-state index contributed by atoms with van der Waals surface area (Å²) in [6.45, 7) is 9.13. The number of aryl methyl sites for hydroxylation is 1. The molecule has 1 N–H and O–H groups in total. The Morgan fingerprint density at radius 3 is 2.90 bits per heavy atom. The Balaban J connectivity index is 1.93. The molecule has 1 aromatic rings. The number of piperidine rings is 1. The van der Waals surface area contributed by atoms with Crippen LogP contribution in [0.25, 0.3) is 0 Å². The molecular weight excluding hydrogens is 266 g/mol. The normalized spacial score (nSPS) is 19.2. The molecule has 2 heterocycles. The van der Waals surface area contributed by atoms with Crippen LogP contribution in [0.5, 0.6) is 0 Å². The summed E-state index contributed by atoms with van der Waals surface area (Å²) >= 11 is 0. The number of nitrogens with one attached hydrogen (secondary N) is 1. The molecule has 0 unspecified atom stereocenters. The van der Waals surface area contributed by atoms with Gasteiger partial charge in [-0.1, -0.05) is 0 Å². The molecule has 5 nitrogen and oxygen atoms in total. The number of carbonyl (C=O) groups is 1. The summed E-state index contributed by atoms with van der Waals surface area (Å²) in [5, 5.41) is 3.41. The van der Waals surface area contributed by atoms with Crippen molar-refractivity contribution in [3.63, 3.8) is 0 Å². The van der Waals surface area contributed by atoms with Gasteiger partial charge in [0.25, 0.3) is 0 Å². The number of hydrogen-bond donors (Lipinski definition) is 1. The first-order chi connectivity index (χ1) is 9.83. The van der Waals surface area contributed by atoms with Crippen molar-refractivity contribution >= 4 is 11.9 Å². The van der Waals surface area contributed by atoms with Gasteiger partial charge in [-0.3, -0.25) is 0 Å². The van der Waals surface area contributed by atoms with E-state index in [0.29, 0.717) is 6.54 Å². The first-order valence-electron chi connectivity index (χ1n) is 7.50. The SMILES string of the molecule is Cc1ccnc(N[C@@H]2CCCN(C(=O)OC(C)(C)C)C2)c1. The van der Waals surface area contributed by atoms with Crippen molar-refractivity contribution in [1.82, 2.24) is 9.88 Å². The van der Waals surface area contributed by atoms with Crippen LogP contribution in [0.3, 0.4) is 0 Å². The summed E-state index contributed by atoms with van der Waals surface area (Å²) in [6, 6.07) is 4.21. The monoisotopic (exact) mass is 291 g/mol. The molecule has 1 aliphatic rings. The maximum atomic E-state index is 12.1. The zero-order valence-corrected chi connectivity index (χ0v) is 13.3. The molecule has 1 amide bonds. The summed E-state index contributed by atoms with van der Waals surface area (Å²) in [5.74, 6) is 0.867. The van der Waals surface area contributed by atoms with Gasteiger partial charge in [-0.15, -0.1) is 0 Å². The molecule has 5 heteroatoms. The zero-order valence-electron chi connectivity index (χ0n) is 13.3. The maximum absolute atomic E-state index is 12.1. The molecule has 1 saturated heterocycles. The largest absolute Gasteiger partial charge is 0.444 e. The Bertz CT molecular complexity index is 497. The number of anilines is 1. The average Bonchev–Trinajstić information content (AvgIpc) is 2.37. The lowest BCUT2D eigenvalue weighted by Gasteiger charge is -2.34. The standard InChI is InChI=1S/C16H25N3O2/c1-12-7-8-17-14(10-12)18-13-6-5-9-19(11-13)15(20)21-16(2,3)4/h7-8,10,13H,5-6,9,11H2,1-4H3,(H,17,18)/t13-/m1/s1. The van der Waals surface area contributed by atoms with E-state index in [1.54, 1.807) is 11.1 Å². The van der Waals surface area contributed by atoms with Crippen LogP contribution in [-0.4, -0.2) is 40.7 Å². The molecule has 0 radical (unpaired) electrons. The molecule has 0 aliphatic carbocycles. The molecule has 1 aromatic heterocycles. The van der Waals surface area contributed by atoms with E-state index in [1.165, 1.54) is 5.56 Å². The predicted octanol–water partition coefficient (Wildman–Crippen LogP) is 3.20. The Kier molecular flexibility index (Phi) is 4.70. The second kappa shape index (κ2) is 6.33. The van der Waals surface area contributed by atoms with Gasteiger partial charge in [0.1, 0.15) is 11.4 Å². The Morgan fingerprint density at radius 1 is 1.48 bits per heavy atom. The summed E-state index contributed by atoms with van der Waals surface area (Å²) < 4.78 is 5.44. The highest BCUT2D eigenvalue weighted by atomic mass is 16.6. The minimum atomic E-state index is -0.449. The summed E-state index contributed by atoms with van der Waals surface area (Å²) in [6.07, 6.45) is 3.58. The number of likely N-dealkylation sites (tertiary alicyclic amines) is 1. The summed E-state index contributed by atoms with van der Waals surface area (Å²) in [7, 11) is 0. The molecule has 1 aliphatic heterocycles. The van der Waals surface area contributed by atoms with Gasteiger partial charge in [-0.25, -0.2) is 9.78 Å². The molecule has 116 valence electrons. The fraction of sp³-hybridized carbons (Fsp3) is 0.625. The summed E-state index contributed by atoms with van der Waals surface area (Å²) in [5.41, 5.74) is 0.725. The van der Waals surface area contributed by atoms with Crippen molar-refractivity contribution in [2.24, 2.45) is 0 Å².